The van der Waals surface area contributed by atoms with E-state index in [9.17, 15) is 0 Å². The molecular formula is C15H33N3. The fourth-order valence-corrected chi connectivity index (χ4v) is 2.57. The zero-order chi connectivity index (χ0) is 13.4. The van der Waals surface area contributed by atoms with Crippen LogP contribution in [0, 0.1) is 5.92 Å². The second kappa shape index (κ2) is 8.89. The molecule has 18 heavy (non-hydrogen) atoms. The standard InChI is InChI=1S/C15H33N3/c1-5-8-17-9-11-18(12-10-17)15(4)13-16-7-6-14(2)3/h14-16H,5-13H2,1-4H3. The molecule has 0 spiro atoms. The van der Waals surface area contributed by atoms with Gasteiger partial charge < -0.3 is 10.2 Å². The van der Waals surface area contributed by atoms with E-state index >= 15 is 0 Å². The number of nitrogens with zero attached hydrogens (tertiary/aromatic N) is 2. The first-order valence-electron chi connectivity index (χ1n) is 7.80. The molecule has 0 bridgehead atoms. The van der Waals surface area contributed by atoms with Gasteiger partial charge in [0, 0.05) is 38.8 Å². The minimum atomic E-state index is 0.681. The highest BCUT2D eigenvalue weighted by Crippen LogP contribution is 2.06. The van der Waals surface area contributed by atoms with E-state index in [-0.39, 0.29) is 0 Å². The molecule has 0 amide bonds. The van der Waals surface area contributed by atoms with Gasteiger partial charge in [-0.1, -0.05) is 20.8 Å². The van der Waals surface area contributed by atoms with Gasteiger partial charge >= 0.3 is 0 Å². The lowest BCUT2D eigenvalue weighted by Gasteiger charge is -2.38. The molecule has 0 aromatic rings. The zero-order valence-electron chi connectivity index (χ0n) is 12.9. The van der Waals surface area contributed by atoms with Crippen molar-refractivity contribution in [3.05, 3.63) is 0 Å². The van der Waals surface area contributed by atoms with Crippen LogP contribution in [0.2, 0.25) is 0 Å². The summed E-state index contributed by atoms with van der Waals surface area (Å²) in [4.78, 5) is 5.23. The summed E-state index contributed by atoms with van der Waals surface area (Å²) < 4.78 is 0. The SMILES string of the molecule is CCCN1CCN(C(C)CNCCC(C)C)CC1. The Morgan fingerprint density at radius 2 is 1.72 bits per heavy atom. The van der Waals surface area contributed by atoms with Crippen molar-refractivity contribution >= 4 is 0 Å². The molecule has 1 unspecified atom stereocenters. The van der Waals surface area contributed by atoms with Crippen molar-refractivity contribution in [3.8, 4) is 0 Å². The first-order chi connectivity index (χ1) is 8.63. The monoisotopic (exact) mass is 255 g/mol. The van der Waals surface area contributed by atoms with Crippen LogP contribution in [-0.2, 0) is 0 Å². The zero-order valence-corrected chi connectivity index (χ0v) is 12.9. The molecule has 1 heterocycles. The lowest BCUT2D eigenvalue weighted by molar-refractivity contribution is 0.102. The molecule has 1 saturated heterocycles. The van der Waals surface area contributed by atoms with Crippen molar-refractivity contribution in [1.82, 2.24) is 15.1 Å². The summed E-state index contributed by atoms with van der Waals surface area (Å²) in [5.74, 6) is 0.811. The molecule has 0 aliphatic carbocycles. The first kappa shape index (κ1) is 15.9. The van der Waals surface area contributed by atoms with Crippen LogP contribution in [0.15, 0.2) is 0 Å². The number of rotatable bonds is 8. The van der Waals surface area contributed by atoms with E-state index in [0.29, 0.717) is 6.04 Å². The lowest BCUT2D eigenvalue weighted by Crippen LogP contribution is -2.52. The van der Waals surface area contributed by atoms with Gasteiger partial charge in [-0.25, -0.2) is 0 Å². The minimum Gasteiger partial charge on any atom is -0.315 e. The van der Waals surface area contributed by atoms with Gasteiger partial charge in [0.1, 0.15) is 0 Å². The third kappa shape index (κ3) is 6.17. The summed E-state index contributed by atoms with van der Waals surface area (Å²) in [6.45, 7) is 17.8. The molecule has 108 valence electrons. The maximum Gasteiger partial charge on any atom is 0.0193 e. The van der Waals surface area contributed by atoms with Crippen LogP contribution in [0.3, 0.4) is 0 Å². The topological polar surface area (TPSA) is 18.5 Å². The Morgan fingerprint density at radius 3 is 2.28 bits per heavy atom. The summed E-state index contributed by atoms with van der Waals surface area (Å²) in [6.07, 6.45) is 2.57. The maximum atomic E-state index is 3.59. The summed E-state index contributed by atoms with van der Waals surface area (Å²) in [5, 5.41) is 3.59. The molecule has 0 aromatic heterocycles. The highest BCUT2D eigenvalue weighted by molar-refractivity contribution is 4.77. The van der Waals surface area contributed by atoms with Crippen LogP contribution >= 0.6 is 0 Å². The number of hydrogen-bond acceptors (Lipinski definition) is 3. The van der Waals surface area contributed by atoms with Crippen LogP contribution < -0.4 is 5.32 Å². The average Bonchev–Trinajstić information content (AvgIpc) is 2.35. The van der Waals surface area contributed by atoms with Gasteiger partial charge in [0.15, 0.2) is 0 Å². The molecule has 3 nitrogen and oxygen atoms in total. The Kier molecular flexibility index (Phi) is 7.87. The highest BCUT2D eigenvalue weighted by Gasteiger charge is 2.19. The Balaban J connectivity index is 2.10. The quantitative estimate of drug-likeness (QED) is 0.670. The molecule has 1 fully saturated rings. The van der Waals surface area contributed by atoms with E-state index in [1.807, 2.05) is 0 Å². The van der Waals surface area contributed by atoms with E-state index in [2.05, 4.69) is 42.8 Å². The smallest absolute Gasteiger partial charge is 0.0193 e. The Bertz CT molecular complexity index is 198. The van der Waals surface area contributed by atoms with Crippen LogP contribution in [0.4, 0.5) is 0 Å². The molecule has 3 heteroatoms. The van der Waals surface area contributed by atoms with Crippen molar-refractivity contribution in [1.29, 1.82) is 0 Å². The van der Waals surface area contributed by atoms with Gasteiger partial charge in [-0.05, 0) is 38.8 Å². The van der Waals surface area contributed by atoms with Gasteiger partial charge in [0.25, 0.3) is 0 Å². The normalized spacial score (nSPS) is 20.5. The number of hydrogen-bond donors (Lipinski definition) is 1. The van der Waals surface area contributed by atoms with Crippen molar-refractivity contribution in [3.63, 3.8) is 0 Å². The Morgan fingerprint density at radius 1 is 1.06 bits per heavy atom. The van der Waals surface area contributed by atoms with Crippen molar-refractivity contribution in [2.75, 3.05) is 45.8 Å². The fraction of sp³-hybridized carbons (Fsp3) is 1.00. The summed E-state index contributed by atoms with van der Waals surface area (Å²) in [6, 6.07) is 0.681. The predicted molar refractivity (Wildman–Crippen MR) is 80.1 cm³/mol. The summed E-state index contributed by atoms with van der Waals surface area (Å²) in [5.41, 5.74) is 0. The fourth-order valence-electron chi connectivity index (χ4n) is 2.57. The van der Waals surface area contributed by atoms with Gasteiger partial charge in [0.2, 0.25) is 0 Å². The molecule has 1 rings (SSSR count). The third-order valence-corrected chi connectivity index (χ3v) is 3.91. The van der Waals surface area contributed by atoms with Crippen LogP contribution in [-0.4, -0.2) is 61.7 Å². The molecule has 1 atom stereocenters. The van der Waals surface area contributed by atoms with Crippen LogP contribution in [0.25, 0.3) is 0 Å². The maximum absolute atomic E-state index is 3.59. The van der Waals surface area contributed by atoms with E-state index in [4.69, 9.17) is 0 Å². The molecule has 1 aliphatic heterocycles. The molecule has 0 radical (unpaired) electrons. The second-order valence-corrected chi connectivity index (χ2v) is 6.11. The van der Waals surface area contributed by atoms with Crippen molar-refractivity contribution < 1.29 is 0 Å². The number of piperazine rings is 1. The van der Waals surface area contributed by atoms with Crippen LogP contribution in [0.5, 0.6) is 0 Å². The lowest BCUT2D eigenvalue weighted by atomic mass is 10.1. The van der Waals surface area contributed by atoms with Gasteiger partial charge in [-0.15, -0.1) is 0 Å². The largest absolute Gasteiger partial charge is 0.315 e. The van der Waals surface area contributed by atoms with E-state index in [1.54, 1.807) is 0 Å². The van der Waals surface area contributed by atoms with E-state index in [0.717, 1.165) is 19.0 Å². The summed E-state index contributed by atoms with van der Waals surface area (Å²) >= 11 is 0. The Hall–Kier alpha value is -0.120. The number of nitrogens with one attached hydrogen (secondary N) is 1. The molecule has 1 aliphatic rings. The van der Waals surface area contributed by atoms with Gasteiger partial charge in [0.05, 0.1) is 0 Å². The van der Waals surface area contributed by atoms with Crippen molar-refractivity contribution in [2.45, 2.75) is 46.6 Å². The molecule has 0 saturated carbocycles. The predicted octanol–water partition coefficient (Wildman–Crippen LogP) is 2.04. The molecular weight excluding hydrogens is 222 g/mol. The van der Waals surface area contributed by atoms with Gasteiger partial charge in [-0.2, -0.15) is 0 Å². The minimum absolute atomic E-state index is 0.681. The van der Waals surface area contributed by atoms with E-state index < -0.39 is 0 Å². The highest BCUT2D eigenvalue weighted by atomic mass is 15.3. The second-order valence-electron chi connectivity index (χ2n) is 6.11. The summed E-state index contributed by atoms with van der Waals surface area (Å²) in [7, 11) is 0. The van der Waals surface area contributed by atoms with Gasteiger partial charge in [-0.3, -0.25) is 4.90 Å². The van der Waals surface area contributed by atoms with Crippen molar-refractivity contribution in [2.24, 2.45) is 5.92 Å². The average molecular weight is 255 g/mol. The molecule has 1 N–H and O–H groups in total. The van der Waals surface area contributed by atoms with Crippen LogP contribution in [0.1, 0.15) is 40.5 Å². The Labute approximate surface area is 114 Å². The van der Waals surface area contributed by atoms with E-state index in [1.165, 1.54) is 45.6 Å². The molecule has 0 aromatic carbocycles. The third-order valence-electron chi connectivity index (χ3n) is 3.91. The first-order valence-corrected chi connectivity index (χ1v) is 7.80.